The smallest absolute Gasteiger partial charge is 0.0663 e. The van der Waals surface area contributed by atoms with E-state index in [0.717, 1.165) is 32.6 Å². The Kier molecular flexibility index (Phi) is 4.15. The molecule has 0 aliphatic carbocycles. The second-order valence-electron chi connectivity index (χ2n) is 4.89. The lowest BCUT2D eigenvalue weighted by Gasteiger charge is -2.36. The summed E-state index contributed by atoms with van der Waals surface area (Å²) in [5.74, 6) is 0. The monoisotopic (exact) mass is 234 g/mol. The summed E-state index contributed by atoms with van der Waals surface area (Å²) in [6.45, 7) is 3.32. The van der Waals surface area contributed by atoms with Crippen LogP contribution in [0.15, 0.2) is 30.3 Å². The fourth-order valence-electron chi connectivity index (χ4n) is 2.39. The highest BCUT2D eigenvalue weighted by Crippen LogP contribution is 2.24. The van der Waals surface area contributed by atoms with Crippen molar-refractivity contribution in [3.8, 4) is 0 Å². The number of hydrogen-bond acceptors (Lipinski definition) is 3. The third-order valence-corrected chi connectivity index (χ3v) is 3.85. The first-order valence-electron chi connectivity index (χ1n) is 6.30. The zero-order valence-electron chi connectivity index (χ0n) is 10.6. The average molecular weight is 234 g/mol. The number of likely N-dealkylation sites (N-methyl/N-ethyl adjacent to an activating group) is 1. The van der Waals surface area contributed by atoms with Crippen LogP contribution in [-0.2, 0) is 11.2 Å². The lowest BCUT2D eigenvalue weighted by molar-refractivity contribution is 0.0946. The minimum absolute atomic E-state index is 0.0643. The van der Waals surface area contributed by atoms with E-state index >= 15 is 0 Å². The number of ether oxygens (including phenoxy) is 1. The van der Waals surface area contributed by atoms with Crippen LogP contribution in [0.3, 0.4) is 0 Å². The van der Waals surface area contributed by atoms with E-state index in [-0.39, 0.29) is 5.54 Å². The Bertz CT molecular complexity index is 333. The van der Waals surface area contributed by atoms with Crippen molar-refractivity contribution in [2.75, 3.05) is 33.4 Å². The highest BCUT2D eigenvalue weighted by Gasteiger charge is 2.37. The first-order chi connectivity index (χ1) is 8.27. The minimum Gasteiger partial charge on any atom is -0.379 e. The molecule has 0 bridgehead atoms. The molecular weight excluding hydrogens is 212 g/mol. The van der Waals surface area contributed by atoms with Crippen LogP contribution in [0.2, 0.25) is 0 Å². The molecule has 0 aromatic heterocycles. The highest BCUT2D eigenvalue weighted by molar-refractivity contribution is 5.15. The Morgan fingerprint density at radius 1 is 1.35 bits per heavy atom. The molecule has 3 nitrogen and oxygen atoms in total. The Hall–Kier alpha value is -0.900. The van der Waals surface area contributed by atoms with Gasteiger partial charge in [-0.2, -0.15) is 0 Å². The van der Waals surface area contributed by atoms with Gasteiger partial charge in [-0.25, -0.2) is 0 Å². The maximum absolute atomic E-state index is 5.92. The number of rotatable bonds is 5. The molecule has 1 unspecified atom stereocenters. The summed E-state index contributed by atoms with van der Waals surface area (Å²) in [6.07, 6.45) is 2.12. The molecule has 1 fully saturated rings. The zero-order valence-corrected chi connectivity index (χ0v) is 10.6. The molecule has 1 aliphatic rings. The molecule has 1 aromatic rings. The van der Waals surface area contributed by atoms with Crippen molar-refractivity contribution in [3.05, 3.63) is 35.9 Å². The topological polar surface area (TPSA) is 38.5 Å². The van der Waals surface area contributed by atoms with Gasteiger partial charge in [-0.3, -0.25) is 4.90 Å². The Morgan fingerprint density at radius 2 is 2.12 bits per heavy atom. The molecule has 1 heterocycles. The third kappa shape index (κ3) is 2.86. The van der Waals surface area contributed by atoms with Crippen LogP contribution in [-0.4, -0.2) is 43.8 Å². The molecule has 3 heteroatoms. The summed E-state index contributed by atoms with van der Waals surface area (Å²) in [5, 5.41) is 0. The van der Waals surface area contributed by atoms with Gasteiger partial charge in [0, 0.05) is 19.7 Å². The fourth-order valence-corrected chi connectivity index (χ4v) is 2.39. The first kappa shape index (κ1) is 12.6. The van der Waals surface area contributed by atoms with Crippen LogP contribution >= 0.6 is 0 Å². The van der Waals surface area contributed by atoms with Gasteiger partial charge in [0.25, 0.3) is 0 Å². The van der Waals surface area contributed by atoms with Crippen molar-refractivity contribution in [2.45, 2.75) is 18.4 Å². The van der Waals surface area contributed by atoms with Gasteiger partial charge in [0.15, 0.2) is 0 Å². The van der Waals surface area contributed by atoms with Crippen molar-refractivity contribution in [1.82, 2.24) is 4.90 Å². The molecule has 1 aliphatic heterocycles. The van der Waals surface area contributed by atoms with Gasteiger partial charge in [-0.1, -0.05) is 30.3 Å². The second-order valence-corrected chi connectivity index (χ2v) is 4.89. The van der Waals surface area contributed by atoms with Crippen LogP contribution < -0.4 is 5.73 Å². The quantitative estimate of drug-likeness (QED) is 0.834. The predicted molar refractivity (Wildman–Crippen MR) is 70.0 cm³/mol. The van der Waals surface area contributed by atoms with E-state index in [1.54, 1.807) is 0 Å². The minimum atomic E-state index is 0.0643. The van der Waals surface area contributed by atoms with E-state index < -0.39 is 0 Å². The SMILES string of the molecule is CN(CCc1ccccc1)C1(CN)CCOC1. The van der Waals surface area contributed by atoms with E-state index in [1.165, 1.54) is 5.56 Å². The zero-order chi connectivity index (χ0) is 12.1. The van der Waals surface area contributed by atoms with E-state index in [4.69, 9.17) is 10.5 Å². The fraction of sp³-hybridized carbons (Fsp3) is 0.571. The van der Waals surface area contributed by atoms with Gasteiger partial charge in [-0.05, 0) is 25.5 Å². The molecule has 94 valence electrons. The van der Waals surface area contributed by atoms with Crippen LogP contribution in [0.25, 0.3) is 0 Å². The van der Waals surface area contributed by atoms with Crippen molar-refractivity contribution in [3.63, 3.8) is 0 Å². The second kappa shape index (κ2) is 5.63. The summed E-state index contributed by atoms with van der Waals surface area (Å²) in [5.41, 5.74) is 7.36. The van der Waals surface area contributed by atoms with E-state index in [2.05, 4.69) is 42.3 Å². The van der Waals surface area contributed by atoms with Gasteiger partial charge in [-0.15, -0.1) is 0 Å². The average Bonchev–Trinajstić information content (AvgIpc) is 2.87. The molecule has 0 spiro atoms. The molecule has 0 saturated carbocycles. The molecule has 1 atom stereocenters. The van der Waals surface area contributed by atoms with E-state index in [1.807, 2.05) is 0 Å². The summed E-state index contributed by atoms with van der Waals surface area (Å²) in [7, 11) is 2.16. The number of nitrogens with zero attached hydrogens (tertiary/aromatic N) is 1. The molecule has 2 N–H and O–H groups in total. The van der Waals surface area contributed by atoms with E-state index in [0.29, 0.717) is 6.54 Å². The normalized spacial score (nSPS) is 24.4. The number of hydrogen-bond donors (Lipinski definition) is 1. The van der Waals surface area contributed by atoms with Gasteiger partial charge >= 0.3 is 0 Å². The Balaban J connectivity index is 1.90. The van der Waals surface area contributed by atoms with Crippen molar-refractivity contribution >= 4 is 0 Å². The number of nitrogens with two attached hydrogens (primary N) is 1. The first-order valence-corrected chi connectivity index (χ1v) is 6.30. The molecule has 17 heavy (non-hydrogen) atoms. The molecule has 2 rings (SSSR count). The largest absolute Gasteiger partial charge is 0.379 e. The van der Waals surface area contributed by atoms with Gasteiger partial charge in [0.1, 0.15) is 0 Å². The van der Waals surface area contributed by atoms with Crippen molar-refractivity contribution in [1.29, 1.82) is 0 Å². The Morgan fingerprint density at radius 3 is 2.71 bits per heavy atom. The molecule has 1 aromatic carbocycles. The van der Waals surface area contributed by atoms with Gasteiger partial charge < -0.3 is 10.5 Å². The van der Waals surface area contributed by atoms with Crippen molar-refractivity contribution < 1.29 is 4.74 Å². The Labute approximate surface area is 104 Å². The standard InChI is InChI=1S/C14H22N2O/c1-16(14(11-15)8-10-17-12-14)9-7-13-5-3-2-4-6-13/h2-6H,7-12,15H2,1H3. The molecule has 0 amide bonds. The van der Waals surface area contributed by atoms with Crippen LogP contribution in [0.4, 0.5) is 0 Å². The maximum Gasteiger partial charge on any atom is 0.0663 e. The summed E-state index contributed by atoms with van der Waals surface area (Å²) in [6, 6.07) is 10.6. The van der Waals surface area contributed by atoms with Crippen LogP contribution in [0.5, 0.6) is 0 Å². The molecule has 0 radical (unpaired) electrons. The van der Waals surface area contributed by atoms with Gasteiger partial charge in [0.2, 0.25) is 0 Å². The highest BCUT2D eigenvalue weighted by atomic mass is 16.5. The summed E-state index contributed by atoms with van der Waals surface area (Å²) < 4.78 is 5.50. The van der Waals surface area contributed by atoms with Crippen LogP contribution in [0, 0.1) is 0 Å². The lowest BCUT2D eigenvalue weighted by Crippen LogP contribution is -2.53. The lowest BCUT2D eigenvalue weighted by atomic mass is 9.96. The molecular formula is C14H22N2O. The predicted octanol–water partition coefficient (Wildman–Crippen LogP) is 1.28. The van der Waals surface area contributed by atoms with Crippen molar-refractivity contribution in [2.24, 2.45) is 5.73 Å². The van der Waals surface area contributed by atoms with Gasteiger partial charge in [0.05, 0.1) is 12.1 Å². The maximum atomic E-state index is 5.92. The third-order valence-electron chi connectivity index (χ3n) is 3.85. The molecule has 1 saturated heterocycles. The number of benzene rings is 1. The van der Waals surface area contributed by atoms with Crippen LogP contribution in [0.1, 0.15) is 12.0 Å². The summed E-state index contributed by atoms with van der Waals surface area (Å²) in [4.78, 5) is 2.37. The summed E-state index contributed by atoms with van der Waals surface area (Å²) >= 11 is 0. The van der Waals surface area contributed by atoms with E-state index in [9.17, 15) is 0 Å².